The van der Waals surface area contributed by atoms with Crippen LogP contribution in [0.15, 0.2) is 72.8 Å². The highest BCUT2D eigenvalue weighted by atomic mass is 16.5. The van der Waals surface area contributed by atoms with Gasteiger partial charge in [-0.25, -0.2) is 0 Å². The predicted octanol–water partition coefficient (Wildman–Crippen LogP) is 6.21. The van der Waals surface area contributed by atoms with Crippen molar-refractivity contribution in [1.29, 1.82) is 0 Å². The largest absolute Gasteiger partial charge is 0.505 e. The number of hydrogen-bond donors (Lipinski definition) is 4. The number of rotatable bonds is 20. The molecule has 4 aromatic carbocycles. The number of aliphatic hydroxyl groups excluding tert-OH is 2. The zero-order valence-corrected chi connectivity index (χ0v) is 32.4. The van der Waals surface area contributed by atoms with Crippen LogP contribution in [-0.2, 0) is 38.3 Å². The molecule has 2 atom stereocenters. The Labute approximate surface area is 330 Å². The summed E-state index contributed by atoms with van der Waals surface area (Å²) in [5, 5.41) is 62.4. The second-order valence-corrected chi connectivity index (χ2v) is 14.3. The van der Waals surface area contributed by atoms with E-state index in [2.05, 4.69) is 20.4 Å². The first-order chi connectivity index (χ1) is 27.6. The van der Waals surface area contributed by atoms with E-state index < -0.39 is 24.1 Å². The van der Waals surface area contributed by atoms with Gasteiger partial charge in [-0.1, -0.05) is 75.9 Å². The first-order valence-electron chi connectivity index (χ1n) is 19.6. The van der Waals surface area contributed by atoms with Crippen molar-refractivity contribution in [3.8, 4) is 22.9 Å². The van der Waals surface area contributed by atoms with Crippen molar-refractivity contribution in [3.05, 3.63) is 95.1 Å². The zero-order valence-electron chi connectivity index (χ0n) is 32.4. The van der Waals surface area contributed by atoms with Gasteiger partial charge in [-0.3, -0.25) is 9.59 Å². The van der Waals surface area contributed by atoms with Crippen molar-refractivity contribution in [2.45, 2.75) is 96.7 Å². The molecular formula is C43H50N6O8. The Morgan fingerprint density at radius 1 is 0.614 bits per heavy atom. The molecule has 0 aliphatic rings. The number of aliphatic hydroxyl groups is 2. The van der Waals surface area contributed by atoms with Crippen molar-refractivity contribution in [2.24, 2.45) is 0 Å². The Morgan fingerprint density at radius 2 is 0.982 bits per heavy atom. The van der Waals surface area contributed by atoms with Crippen molar-refractivity contribution in [2.75, 3.05) is 13.2 Å². The zero-order chi connectivity index (χ0) is 40.3. The number of esters is 2. The van der Waals surface area contributed by atoms with Crippen LogP contribution in [0.5, 0.6) is 11.5 Å². The lowest BCUT2D eigenvalue weighted by molar-refractivity contribution is -0.146. The summed E-state index contributed by atoms with van der Waals surface area (Å²) in [5.74, 6) is -1.21. The van der Waals surface area contributed by atoms with E-state index in [0.29, 0.717) is 68.5 Å². The van der Waals surface area contributed by atoms with Crippen LogP contribution in [0, 0.1) is 0 Å². The fourth-order valence-electron chi connectivity index (χ4n) is 6.64. The second-order valence-electron chi connectivity index (χ2n) is 14.3. The van der Waals surface area contributed by atoms with Crippen molar-refractivity contribution in [3.63, 3.8) is 0 Å². The van der Waals surface area contributed by atoms with Gasteiger partial charge in [0.1, 0.15) is 44.9 Å². The number of ether oxygens (including phenoxy) is 2. The molecule has 0 saturated heterocycles. The van der Waals surface area contributed by atoms with Crippen molar-refractivity contribution >= 4 is 34.0 Å². The number of benzene rings is 4. The van der Waals surface area contributed by atoms with Crippen molar-refractivity contribution in [1.82, 2.24) is 30.0 Å². The molecule has 300 valence electrons. The molecule has 2 unspecified atom stereocenters. The molecule has 0 fully saturated rings. The van der Waals surface area contributed by atoms with Crippen LogP contribution >= 0.6 is 0 Å². The highest BCUT2D eigenvalue weighted by Gasteiger charge is 2.21. The van der Waals surface area contributed by atoms with E-state index >= 15 is 0 Å². The maximum absolute atomic E-state index is 12.5. The normalized spacial score (nSPS) is 12.6. The lowest BCUT2D eigenvalue weighted by atomic mass is 9.96. The van der Waals surface area contributed by atoms with Gasteiger partial charge in [0.05, 0.1) is 38.3 Å². The number of aromatic hydroxyl groups is 2. The fraction of sp³-hybridized carbons (Fsp3) is 0.395. The molecule has 2 aromatic heterocycles. The second kappa shape index (κ2) is 19.3. The van der Waals surface area contributed by atoms with Gasteiger partial charge in [-0.05, 0) is 60.4 Å². The maximum atomic E-state index is 12.5. The first kappa shape index (κ1) is 40.8. The molecule has 14 nitrogen and oxygen atoms in total. The van der Waals surface area contributed by atoms with Crippen LogP contribution in [0.1, 0.15) is 87.5 Å². The number of carbonyl (C=O) groups is 2. The molecule has 0 radical (unpaired) electrons. The lowest BCUT2D eigenvalue weighted by Crippen LogP contribution is -2.17. The average molecular weight is 779 g/mol. The smallest absolute Gasteiger partial charge is 0.308 e. The molecule has 57 heavy (non-hydrogen) atoms. The molecule has 0 bridgehead atoms. The van der Waals surface area contributed by atoms with Crippen molar-refractivity contribution < 1.29 is 39.5 Å². The summed E-state index contributed by atoms with van der Waals surface area (Å²) in [4.78, 5) is 27.7. The van der Waals surface area contributed by atoms with Gasteiger partial charge in [-0.2, -0.15) is 0 Å². The number of fused-ring (bicyclic) bond motifs is 2. The topological polar surface area (TPSA) is 195 Å². The Morgan fingerprint density at radius 3 is 1.33 bits per heavy atom. The van der Waals surface area contributed by atoms with Gasteiger partial charge in [0, 0.05) is 30.4 Å². The maximum Gasteiger partial charge on any atom is 0.308 e. The standard InChI is InChI=1S/C43H50N6O8/c1-3-5-11-32(50)26-40(52)56-19-17-28-21-30(42(54)38(23-28)48-44-34-13-7-8-14-35(34)45-48)25-31-22-29(18-20-57-41(53)27-33(51)12-6-4-2)24-39(43(31)55)49-46-36-15-9-10-16-37(36)47-49/h7-10,13-16,21-24,32-33,50-51,54-55H,3-6,11-12,17-20,25-27H2,1-2H3. The van der Waals surface area contributed by atoms with E-state index in [9.17, 15) is 30.0 Å². The third-order valence-corrected chi connectivity index (χ3v) is 9.74. The lowest BCUT2D eigenvalue weighted by Gasteiger charge is -2.16. The SMILES string of the molecule is CCCCC(O)CC(=O)OCCc1cc(Cc2cc(CCOC(=O)CC(O)CCCC)cc(-n3nc4ccccc4n3)c2O)c(O)c(-n2nc3ccccc3n2)c1. The van der Waals surface area contributed by atoms with Crippen LogP contribution in [0.2, 0.25) is 0 Å². The molecule has 0 aliphatic heterocycles. The first-order valence-corrected chi connectivity index (χ1v) is 19.6. The van der Waals surface area contributed by atoms with Gasteiger partial charge in [0.2, 0.25) is 0 Å². The fourth-order valence-corrected chi connectivity index (χ4v) is 6.64. The van der Waals surface area contributed by atoms with E-state index in [1.54, 1.807) is 24.3 Å². The summed E-state index contributed by atoms with van der Waals surface area (Å²) in [6, 6.07) is 21.7. The van der Waals surface area contributed by atoms with Gasteiger partial charge in [-0.15, -0.1) is 30.0 Å². The quantitative estimate of drug-likeness (QED) is 0.0641. The summed E-state index contributed by atoms with van der Waals surface area (Å²) in [6.07, 6.45) is 3.45. The van der Waals surface area contributed by atoms with Crippen LogP contribution < -0.4 is 0 Å². The van der Waals surface area contributed by atoms with Gasteiger partial charge in [0.15, 0.2) is 0 Å². The molecule has 4 N–H and O–H groups in total. The Hall–Kier alpha value is -5.86. The number of phenolic OH excluding ortho intramolecular Hbond substituents is 2. The van der Waals surface area contributed by atoms with E-state index in [-0.39, 0.29) is 56.8 Å². The summed E-state index contributed by atoms with van der Waals surface area (Å²) in [7, 11) is 0. The van der Waals surface area contributed by atoms with Gasteiger partial charge in [0.25, 0.3) is 0 Å². The third-order valence-electron chi connectivity index (χ3n) is 9.74. The summed E-state index contributed by atoms with van der Waals surface area (Å²) in [5.41, 5.74) is 5.41. The summed E-state index contributed by atoms with van der Waals surface area (Å²) >= 11 is 0. The van der Waals surface area contributed by atoms with Crippen LogP contribution in [0.4, 0.5) is 0 Å². The molecule has 0 aliphatic carbocycles. The minimum Gasteiger partial charge on any atom is -0.505 e. The number of aromatic nitrogens is 6. The average Bonchev–Trinajstić information content (AvgIpc) is 3.83. The van der Waals surface area contributed by atoms with Crippen LogP contribution in [-0.4, -0.2) is 87.8 Å². The monoisotopic (exact) mass is 778 g/mol. The number of nitrogens with zero attached hydrogens (tertiary/aromatic N) is 6. The van der Waals surface area contributed by atoms with E-state index in [1.807, 2.05) is 62.4 Å². The van der Waals surface area contributed by atoms with Gasteiger partial charge < -0.3 is 29.9 Å². The number of phenols is 2. The van der Waals surface area contributed by atoms with Crippen LogP contribution in [0.25, 0.3) is 33.4 Å². The van der Waals surface area contributed by atoms with Gasteiger partial charge >= 0.3 is 11.9 Å². The van der Waals surface area contributed by atoms with E-state index in [1.165, 1.54) is 9.59 Å². The molecule has 0 amide bonds. The predicted molar refractivity (Wildman–Crippen MR) is 213 cm³/mol. The molecule has 14 heteroatoms. The Bertz CT molecular complexity index is 2080. The summed E-state index contributed by atoms with van der Waals surface area (Å²) < 4.78 is 11.0. The molecule has 2 heterocycles. The Kier molecular flexibility index (Phi) is 13.8. The summed E-state index contributed by atoms with van der Waals surface area (Å²) in [6.45, 7) is 4.11. The molecule has 0 spiro atoms. The number of hydrogen-bond acceptors (Lipinski definition) is 12. The number of unbranched alkanes of at least 4 members (excludes halogenated alkanes) is 2. The van der Waals surface area contributed by atoms with Crippen LogP contribution in [0.3, 0.4) is 0 Å². The molecule has 0 saturated carbocycles. The number of carbonyl (C=O) groups excluding carboxylic acids is 2. The van der Waals surface area contributed by atoms with E-state index in [0.717, 1.165) is 25.7 Å². The molecule has 6 aromatic rings. The molecular weight excluding hydrogens is 729 g/mol. The minimum atomic E-state index is -0.761. The highest BCUT2D eigenvalue weighted by molar-refractivity contribution is 5.75. The van der Waals surface area contributed by atoms with E-state index in [4.69, 9.17) is 9.47 Å². The molecule has 6 rings (SSSR count). The Balaban J connectivity index is 1.31. The highest BCUT2D eigenvalue weighted by Crippen LogP contribution is 2.35. The third kappa shape index (κ3) is 10.7. The minimum absolute atomic E-state index is 0.0370.